The lowest BCUT2D eigenvalue weighted by Crippen LogP contribution is -2.33. The van der Waals surface area contributed by atoms with Crippen LogP contribution in [0.3, 0.4) is 0 Å². The number of anilines is 3. The van der Waals surface area contributed by atoms with Crippen LogP contribution in [-0.2, 0) is 4.74 Å². The highest BCUT2D eigenvalue weighted by Crippen LogP contribution is 2.51. The molecule has 2 aromatic carbocycles. The van der Waals surface area contributed by atoms with Gasteiger partial charge in [-0.3, -0.25) is 5.32 Å². The lowest BCUT2D eigenvalue weighted by atomic mass is 9.96. The van der Waals surface area contributed by atoms with E-state index < -0.39 is 23.3 Å². The number of amides is 1. The van der Waals surface area contributed by atoms with Gasteiger partial charge in [-0.25, -0.2) is 28.5 Å². The number of thioether (sulfide) groups is 1. The maximum atomic E-state index is 17.1. The Kier molecular flexibility index (Phi) is 9.27. The number of hydrogen-bond acceptors (Lipinski definition) is 11. The van der Waals surface area contributed by atoms with E-state index in [1.54, 1.807) is 45.4 Å². The van der Waals surface area contributed by atoms with Crippen molar-refractivity contribution in [2.45, 2.75) is 44.0 Å². The molecule has 0 radical (unpaired) electrons. The molecule has 49 heavy (non-hydrogen) atoms. The van der Waals surface area contributed by atoms with Crippen LogP contribution in [-0.4, -0.2) is 46.1 Å². The second-order valence-corrected chi connectivity index (χ2v) is 14.2. The van der Waals surface area contributed by atoms with E-state index in [0.29, 0.717) is 24.6 Å². The standard InChI is InChI=1S/C34H30ClF2N7O3S2/c1-6-8-20(16-9-7-12-40-29(16)39)44-13-14-46-27-23-26(41-32(48-5)42-30(23)44)25(37)22(24(27)35)17-10-11-19(36)28-21(17)18(15-38)31(49-28)43-33(45)47-34(2,3)4/h6-7,9-12,20H,1,8,13-14H2,2-5H3,(H2,39,40)(H,43,45). The Hall–Kier alpha value is -4.71. The first-order valence-electron chi connectivity index (χ1n) is 15.0. The first-order valence-corrected chi connectivity index (χ1v) is 17.4. The van der Waals surface area contributed by atoms with Gasteiger partial charge in [0.25, 0.3) is 0 Å². The SMILES string of the molecule is C=CCC(c1cccnc1N)N1CCOc2c(Cl)c(-c3ccc(F)c4sc(NC(=O)OC(C)(C)C)c(C#N)c34)c(F)c3nc(SC)nc1c23. The van der Waals surface area contributed by atoms with Crippen molar-refractivity contribution in [1.82, 2.24) is 15.0 Å². The smallest absolute Gasteiger partial charge is 0.412 e. The molecule has 1 aliphatic heterocycles. The van der Waals surface area contributed by atoms with Gasteiger partial charge in [-0.15, -0.1) is 17.9 Å². The van der Waals surface area contributed by atoms with Gasteiger partial charge in [0.2, 0.25) is 0 Å². The monoisotopic (exact) mass is 721 g/mol. The number of carbonyl (C=O) groups excluding carboxylic acids is 1. The van der Waals surface area contributed by atoms with E-state index in [0.717, 1.165) is 23.0 Å². The van der Waals surface area contributed by atoms with Crippen LogP contribution in [0.25, 0.3) is 32.1 Å². The molecule has 252 valence electrons. The van der Waals surface area contributed by atoms with Crippen LogP contribution < -0.4 is 20.7 Å². The Balaban J connectivity index is 1.61. The number of pyridine rings is 1. The number of fused-ring (bicyclic) bond motifs is 1. The molecule has 3 aromatic heterocycles. The Morgan fingerprint density at radius 1 is 1.33 bits per heavy atom. The average Bonchev–Trinajstić information content (AvgIpc) is 3.31. The number of nitrogen functional groups attached to an aromatic ring is 1. The Labute approximate surface area is 293 Å². The molecule has 0 saturated carbocycles. The fraction of sp³-hybridized carbons (Fsp3) is 0.265. The number of nitrogens with zero attached hydrogens (tertiary/aromatic N) is 5. The molecule has 1 atom stereocenters. The summed E-state index contributed by atoms with van der Waals surface area (Å²) < 4.78 is 44.1. The number of aromatic nitrogens is 3. The van der Waals surface area contributed by atoms with Gasteiger partial charge in [-0.05, 0) is 51.1 Å². The fourth-order valence-electron chi connectivity index (χ4n) is 5.82. The second-order valence-electron chi connectivity index (χ2n) is 12.0. The van der Waals surface area contributed by atoms with Crippen molar-refractivity contribution in [1.29, 1.82) is 5.26 Å². The van der Waals surface area contributed by atoms with Gasteiger partial charge in [0.15, 0.2) is 16.7 Å². The molecular formula is C34H30ClF2N7O3S2. The summed E-state index contributed by atoms with van der Waals surface area (Å²) in [7, 11) is 0. The topological polar surface area (TPSA) is 139 Å². The quantitative estimate of drug-likeness (QED) is 0.0952. The zero-order valence-corrected chi connectivity index (χ0v) is 29.2. The van der Waals surface area contributed by atoms with E-state index in [-0.39, 0.29) is 71.3 Å². The molecule has 6 rings (SSSR count). The predicted octanol–water partition coefficient (Wildman–Crippen LogP) is 8.88. The molecule has 3 N–H and O–H groups in total. The number of carbonyl (C=O) groups is 1. The Morgan fingerprint density at radius 2 is 2.10 bits per heavy atom. The molecule has 0 spiro atoms. The molecule has 15 heteroatoms. The highest BCUT2D eigenvalue weighted by atomic mass is 35.5. The molecule has 10 nitrogen and oxygen atoms in total. The zero-order valence-electron chi connectivity index (χ0n) is 26.9. The van der Waals surface area contributed by atoms with Crippen LogP contribution in [0.15, 0.2) is 48.3 Å². The number of ether oxygens (including phenoxy) is 2. The van der Waals surface area contributed by atoms with Crippen LogP contribution in [0, 0.1) is 23.0 Å². The number of hydrogen-bond donors (Lipinski definition) is 2. The molecule has 0 bridgehead atoms. The van der Waals surface area contributed by atoms with Crippen LogP contribution in [0.4, 0.5) is 30.2 Å². The zero-order chi connectivity index (χ0) is 35.2. The van der Waals surface area contributed by atoms with Gasteiger partial charge in [0.05, 0.1) is 33.3 Å². The third kappa shape index (κ3) is 6.18. The molecule has 1 unspecified atom stereocenters. The fourth-order valence-corrected chi connectivity index (χ4v) is 7.59. The molecular weight excluding hydrogens is 692 g/mol. The van der Waals surface area contributed by atoms with E-state index in [1.165, 1.54) is 17.8 Å². The van der Waals surface area contributed by atoms with Crippen molar-refractivity contribution < 1.29 is 23.0 Å². The summed E-state index contributed by atoms with van der Waals surface area (Å²) in [5.74, 6) is -0.644. The molecule has 0 aliphatic carbocycles. The lowest BCUT2D eigenvalue weighted by Gasteiger charge is -2.32. The first kappa shape index (κ1) is 34.2. The van der Waals surface area contributed by atoms with Crippen LogP contribution in [0.2, 0.25) is 5.02 Å². The van der Waals surface area contributed by atoms with Gasteiger partial charge in [0, 0.05) is 22.7 Å². The van der Waals surface area contributed by atoms with E-state index in [2.05, 4.69) is 21.9 Å². The molecule has 0 saturated heterocycles. The van der Waals surface area contributed by atoms with Gasteiger partial charge in [-0.1, -0.05) is 41.6 Å². The third-order valence-corrected chi connectivity index (χ3v) is 9.78. The minimum absolute atomic E-state index is 0.0168. The van der Waals surface area contributed by atoms with Crippen molar-refractivity contribution >= 4 is 78.4 Å². The van der Waals surface area contributed by atoms with Crippen molar-refractivity contribution in [2.75, 3.05) is 35.4 Å². The molecule has 1 aliphatic rings. The summed E-state index contributed by atoms with van der Waals surface area (Å²) in [5, 5.41) is 13.3. The van der Waals surface area contributed by atoms with Gasteiger partial charge < -0.3 is 20.1 Å². The number of nitrogens with two attached hydrogens (primary N) is 1. The van der Waals surface area contributed by atoms with Crippen LogP contribution in [0.1, 0.15) is 44.4 Å². The van der Waals surface area contributed by atoms with E-state index in [1.807, 2.05) is 17.0 Å². The lowest BCUT2D eigenvalue weighted by molar-refractivity contribution is 0.0636. The van der Waals surface area contributed by atoms with E-state index in [4.69, 9.17) is 31.8 Å². The maximum absolute atomic E-state index is 17.1. The number of nitrogens with one attached hydrogen (secondary N) is 1. The first-order chi connectivity index (χ1) is 23.4. The van der Waals surface area contributed by atoms with Crippen LogP contribution in [0.5, 0.6) is 5.75 Å². The summed E-state index contributed by atoms with van der Waals surface area (Å²) in [6.45, 7) is 9.44. The highest BCUT2D eigenvalue weighted by molar-refractivity contribution is 7.98. The molecule has 4 heterocycles. The molecule has 5 aromatic rings. The largest absolute Gasteiger partial charge is 0.489 e. The van der Waals surface area contributed by atoms with Crippen molar-refractivity contribution in [3.63, 3.8) is 0 Å². The normalized spacial score (nSPS) is 13.5. The van der Waals surface area contributed by atoms with Crippen molar-refractivity contribution in [3.05, 3.63) is 70.9 Å². The second kappa shape index (κ2) is 13.3. The van der Waals surface area contributed by atoms with Crippen LogP contribution >= 0.6 is 34.7 Å². The van der Waals surface area contributed by atoms with E-state index >= 15 is 8.78 Å². The van der Waals surface area contributed by atoms with Gasteiger partial charge >= 0.3 is 6.09 Å². The van der Waals surface area contributed by atoms with Crippen molar-refractivity contribution in [2.24, 2.45) is 0 Å². The minimum atomic E-state index is -0.831. The van der Waals surface area contributed by atoms with Gasteiger partial charge in [0.1, 0.15) is 46.2 Å². The Morgan fingerprint density at radius 3 is 2.78 bits per heavy atom. The molecule has 0 fully saturated rings. The minimum Gasteiger partial charge on any atom is -0.489 e. The number of nitriles is 1. The number of halogens is 3. The van der Waals surface area contributed by atoms with E-state index in [9.17, 15) is 10.1 Å². The Bertz CT molecular complexity index is 2200. The number of benzene rings is 2. The summed E-state index contributed by atoms with van der Waals surface area (Å²) in [6, 6.07) is 7.82. The predicted molar refractivity (Wildman–Crippen MR) is 191 cm³/mol. The third-order valence-electron chi connectivity index (χ3n) is 7.76. The summed E-state index contributed by atoms with van der Waals surface area (Å²) in [5.41, 5.74) is 6.04. The summed E-state index contributed by atoms with van der Waals surface area (Å²) in [6.07, 6.45) is 4.76. The number of rotatable bonds is 7. The van der Waals surface area contributed by atoms with Gasteiger partial charge in [-0.2, -0.15) is 5.26 Å². The van der Waals surface area contributed by atoms with Crippen molar-refractivity contribution in [3.8, 4) is 22.9 Å². The summed E-state index contributed by atoms with van der Waals surface area (Å²) in [4.78, 5) is 28.2. The highest BCUT2D eigenvalue weighted by Gasteiger charge is 2.34. The summed E-state index contributed by atoms with van der Waals surface area (Å²) >= 11 is 9.11. The number of thiophene rings is 1. The maximum Gasteiger partial charge on any atom is 0.412 e. The average molecular weight is 722 g/mol. The molecule has 1 amide bonds.